The lowest BCUT2D eigenvalue weighted by Crippen LogP contribution is -2.44. The van der Waals surface area contributed by atoms with Gasteiger partial charge >= 0.3 is 0 Å². The van der Waals surface area contributed by atoms with Gasteiger partial charge in [-0.05, 0) is 33.1 Å². The minimum Gasteiger partial charge on any atom is -0.487 e. The molecule has 1 N–H and O–H groups in total. The summed E-state index contributed by atoms with van der Waals surface area (Å²) in [6.07, 6.45) is 7.40. The van der Waals surface area contributed by atoms with E-state index in [2.05, 4.69) is 6.92 Å². The number of aliphatic hydroxyl groups is 1. The third-order valence-corrected chi connectivity index (χ3v) is 5.24. The molecule has 0 amide bonds. The highest BCUT2D eigenvalue weighted by Gasteiger charge is 2.38. The van der Waals surface area contributed by atoms with Gasteiger partial charge in [0.05, 0.1) is 6.61 Å². The van der Waals surface area contributed by atoms with E-state index < -0.39 is 46.7 Å². The number of halogens is 5. The molecule has 0 saturated heterocycles. The number of unbranched alkanes of at least 4 members (excludes halogenated alkanes) is 5. The zero-order valence-electron chi connectivity index (χ0n) is 19.1. The standard InChI is InChI=1S/C23H35F5O4/c1-4-7-8-9-10-11-13-16(23(29,31-5-2)32-6-3)14-12-15-30-22-20(27)18(25)17(24)19(26)21(22)28/h16,29H,4-15H2,1-3H3. The Labute approximate surface area is 187 Å². The molecule has 1 rings (SSSR count). The number of rotatable bonds is 17. The van der Waals surface area contributed by atoms with Crippen LogP contribution in [0.3, 0.4) is 0 Å². The maximum atomic E-state index is 13.7. The summed E-state index contributed by atoms with van der Waals surface area (Å²) >= 11 is 0. The van der Waals surface area contributed by atoms with Crippen molar-refractivity contribution < 1.29 is 41.3 Å². The lowest BCUT2D eigenvalue weighted by molar-refractivity contribution is -0.385. The highest BCUT2D eigenvalue weighted by atomic mass is 19.2. The number of hydrogen-bond acceptors (Lipinski definition) is 4. The second kappa shape index (κ2) is 14.6. The predicted octanol–water partition coefficient (Wildman–Crippen LogP) is 6.63. The van der Waals surface area contributed by atoms with Crippen molar-refractivity contribution in [3.8, 4) is 5.75 Å². The van der Waals surface area contributed by atoms with Crippen LogP contribution in [0.25, 0.3) is 0 Å². The van der Waals surface area contributed by atoms with Gasteiger partial charge in [-0.1, -0.05) is 45.4 Å². The fourth-order valence-electron chi connectivity index (χ4n) is 3.59. The summed E-state index contributed by atoms with van der Waals surface area (Å²) in [4.78, 5) is 0. The fraction of sp³-hybridized carbons (Fsp3) is 0.739. The summed E-state index contributed by atoms with van der Waals surface area (Å²) in [6, 6.07) is 0. The van der Waals surface area contributed by atoms with Crippen molar-refractivity contribution in [2.75, 3.05) is 19.8 Å². The van der Waals surface area contributed by atoms with Gasteiger partial charge in [0, 0.05) is 19.1 Å². The molecule has 0 fully saturated rings. The Kier molecular flexibility index (Phi) is 13.1. The molecule has 0 radical (unpaired) electrons. The number of benzene rings is 1. The van der Waals surface area contributed by atoms with E-state index in [0.29, 0.717) is 12.8 Å². The van der Waals surface area contributed by atoms with Crippen molar-refractivity contribution in [1.82, 2.24) is 0 Å². The zero-order valence-corrected chi connectivity index (χ0v) is 19.1. The van der Waals surface area contributed by atoms with E-state index in [9.17, 15) is 27.1 Å². The minimum absolute atomic E-state index is 0.183. The van der Waals surface area contributed by atoms with Crippen molar-refractivity contribution in [3.63, 3.8) is 0 Å². The Morgan fingerprint density at radius 2 is 1.16 bits per heavy atom. The molecule has 0 aromatic heterocycles. The average molecular weight is 471 g/mol. The number of hydrogen-bond donors (Lipinski definition) is 1. The molecule has 0 aliphatic carbocycles. The highest BCUT2D eigenvalue weighted by molar-refractivity contribution is 5.29. The van der Waals surface area contributed by atoms with Crippen LogP contribution < -0.4 is 4.74 Å². The summed E-state index contributed by atoms with van der Waals surface area (Å²) in [5, 5.41) is 10.9. The SMILES string of the molecule is CCCCCCCCC(CCCOc1c(F)c(F)c(F)c(F)c1F)C(O)(OCC)OCC. The Bertz CT molecular complexity index is 652. The summed E-state index contributed by atoms with van der Waals surface area (Å²) in [5.74, 6) is -13.9. The fourth-order valence-corrected chi connectivity index (χ4v) is 3.59. The van der Waals surface area contributed by atoms with Gasteiger partial charge < -0.3 is 19.3 Å². The van der Waals surface area contributed by atoms with E-state index in [-0.39, 0.29) is 26.2 Å². The van der Waals surface area contributed by atoms with Crippen LogP contribution in [0.4, 0.5) is 22.0 Å². The van der Waals surface area contributed by atoms with Crippen molar-refractivity contribution >= 4 is 0 Å². The van der Waals surface area contributed by atoms with E-state index in [0.717, 1.165) is 32.1 Å². The van der Waals surface area contributed by atoms with Gasteiger partial charge in [0.2, 0.25) is 29.1 Å². The molecule has 0 aliphatic heterocycles. The monoisotopic (exact) mass is 470 g/mol. The molecule has 0 bridgehead atoms. The van der Waals surface area contributed by atoms with Gasteiger partial charge in [-0.15, -0.1) is 0 Å². The summed E-state index contributed by atoms with van der Waals surface area (Å²) < 4.78 is 83.0. The first-order valence-corrected chi connectivity index (χ1v) is 11.4. The first kappa shape index (κ1) is 28.6. The third-order valence-electron chi connectivity index (χ3n) is 5.24. The Morgan fingerprint density at radius 3 is 1.69 bits per heavy atom. The molecule has 0 aliphatic rings. The van der Waals surface area contributed by atoms with Crippen LogP contribution >= 0.6 is 0 Å². The molecule has 0 spiro atoms. The van der Waals surface area contributed by atoms with Crippen LogP contribution in [-0.4, -0.2) is 30.9 Å². The third kappa shape index (κ3) is 8.15. The lowest BCUT2D eigenvalue weighted by atomic mass is 9.93. The van der Waals surface area contributed by atoms with Crippen LogP contribution in [0.1, 0.15) is 78.6 Å². The van der Waals surface area contributed by atoms with Crippen molar-refractivity contribution in [1.29, 1.82) is 0 Å². The number of ether oxygens (including phenoxy) is 3. The Balaban J connectivity index is 2.75. The van der Waals surface area contributed by atoms with Gasteiger partial charge in [-0.25, -0.2) is 13.2 Å². The van der Waals surface area contributed by atoms with Crippen LogP contribution in [0, 0.1) is 35.0 Å². The quantitative estimate of drug-likeness (QED) is 0.0913. The second-order valence-corrected chi connectivity index (χ2v) is 7.64. The molecule has 1 unspecified atom stereocenters. The molecule has 1 aromatic rings. The van der Waals surface area contributed by atoms with E-state index in [1.54, 1.807) is 13.8 Å². The van der Waals surface area contributed by atoms with Gasteiger partial charge in [0.1, 0.15) is 0 Å². The molecule has 4 nitrogen and oxygen atoms in total. The smallest absolute Gasteiger partial charge is 0.283 e. The minimum atomic E-state index is -2.23. The zero-order chi connectivity index (χ0) is 24.1. The van der Waals surface area contributed by atoms with Crippen molar-refractivity contribution in [3.05, 3.63) is 29.1 Å². The molecule has 1 atom stereocenters. The van der Waals surface area contributed by atoms with E-state index in [4.69, 9.17) is 14.2 Å². The largest absolute Gasteiger partial charge is 0.487 e. The van der Waals surface area contributed by atoms with Crippen molar-refractivity contribution in [2.24, 2.45) is 5.92 Å². The van der Waals surface area contributed by atoms with Gasteiger partial charge in [-0.2, -0.15) is 8.78 Å². The normalized spacial score (nSPS) is 12.9. The van der Waals surface area contributed by atoms with Gasteiger partial charge in [-0.3, -0.25) is 0 Å². The first-order chi connectivity index (χ1) is 15.2. The Hall–Kier alpha value is -1.45. The van der Waals surface area contributed by atoms with Crippen molar-refractivity contribution in [2.45, 2.75) is 84.5 Å². The topological polar surface area (TPSA) is 47.9 Å². The van der Waals surface area contributed by atoms with Gasteiger partial charge in [0.15, 0.2) is 5.75 Å². The molecule has 0 saturated carbocycles. The molecule has 1 aromatic carbocycles. The maximum absolute atomic E-state index is 13.7. The van der Waals surface area contributed by atoms with E-state index in [1.807, 2.05) is 0 Å². The average Bonchev–Trinajstić information content (AvgIpc) is 2.76. The second-order valence-electron chi connectivity index (χ2n) is 7.64. The van der Waals surface area contributed by atoms with Crippen LogP contribution in [0.5, 0.6) is 5.75 Å². The summed E-state index contributed by atoms with van der Waals surface area (Å²) in [5.41, 5.74) is 0. The molecule has 186 valence electrons. The molecule has 32 heavy (non-hydrogen) atoms. The van der Waals surface area contributed by atoms with E-state index in [1.165, 1.54) is 6.42 Å². The lowest BCUT2D eigenvalue weighted by Gasteiger charge is -2.35. The predicted molar refractivity (Wildman–Crippen MR) is 111 cm³/mol. The Morgan fingerprint density at radius 1 is 0.688 bits per heavy atom. The van der Waals surface area contributed by atoms with Gasteiger partial charge in [0.25, 0.3) is 5.97 Å². The van der Waals surface area contributed by atoms with Crippen LogP contribution in [0.15, 0.2) is 0 Å². The highest BCUT2D eigenvalue weighted by Crippen LogP contribution is 2.32. The molecular weight excluding hydrogens is 435 g/mol. The first-order valence-electron chi connectivity index (χ1n) is 11.4. The molecule has 9 heteroatoms. The van der Waals surface area contributed by atoms with Crippen LogP contribution in [0.2, 0.25) is 0 Å². The summed E-state index contributed by atoms with van der Waals surface area (Å²) in [6.45, 7) is 5.69. The molecular formula is C23H35F5O4. The molecule has 0 heterocycles. The van der Waals surface area contributed by atoms with Crippen LogP contribution in [-0.2, 0) is 9.47 Å². The van der Waals surface area contributed by atoms with E-state index >= 15 is 0 Å². The maximum Gasteiger partial charge on any atom is 0.283 e. The summed E-state index contributed by atoms with van der Waals surface area (Å²) in [7, 11) is 0.